The Morgan fingerprint density at radius 2 is 1.65 bits per heavy atom. The highest BCUT2D eigenvalue weighted by Crippen LogP contribution is 2.40. The molecule has 0 aliphatic carbocycles. The third-order valence-electron chi connectivity index (χ3n) is 12.9. The number of ether oxygens (including phenoxy) is 1. The van der Waals surface area contributed by atoms with Gasteiger partial charge in [0.2, 0.25) is 17.7 Å². The Morgan fingerprint density at radius 1 is 0.938 bits per heavy atom. The van der Waals surface area contributed by atoms with E-state index >= 15 is 0 Å². The van der Waals surface area contributed by atoms with Crippen molar-refractivity contribution in [2.24, 2.45) is 16.3 Å². The van der Waals surface area contributed by atoms with E-state index in [4.69, 9.17) is 9.73 Å². The number of rotatable bonds is 11. The van der Waals surface area contributed by atoms with Gasteiger partial charge in [0.25, 0.3) is 0 Å². The zero-order valence-corrected chi connectivity index (χ0v) is 40.0. The molecule has 6 heterocycles. The number of anilines is 1. The van der Waals surface area contributed by atoms with Crippen LogP contribution in [0, 0.1) is 39.0 Å². The van der Waals surface area contributed by atoms with Crippen LogP contribution < -0.4 is 15.5 Å². The molecule has 0 spiro atoms. The molecule has 8 rings (SSSR count). The van der Waals surface area contributed by atoms with Crippen molar-refractivity contribution in [2.45, 2.75) is 105 Å². The number of thiazole rings is 1. The number of aromatic nitrogens is 4. The predicted molar refractivity (Wildman–Crippen MR) is 252 cm³/mol. The average Bonchev–Trinajstić information content (AvgIpc) is 4.12. The summed E-state index contributed by atoms with van der Waals surface area (Å²) >= 11 is 3.23. The standard InChI is InChI=1S/C48H57N9O6S2/c1-25-28(4)65-47-39(25)40(51-36(21-38(59)63-9)43-54-53-29(5)57(43)47)31-14-16-34(17-15-31)55-19-18-33(22-55)44(60)52-42(48(6,7)8)46(62)56-23-35(58)20-37(56)45(61)50-26(2)30-10-12-32(13-11-30)41-27(3)49-24-64-41/h10-17,24,26,33,35-37,42,58H,18-23H2,1-9H3,(H,50,61)(H,52,60)/t26-,33-,35+,36-,37-,42+/m0/s1. The van der Waals surface area contributed by atoms with Crippen LogP contribution in [-0.2, 0) is 23.9 Å². The molecule has 6 atom stereocenters. The number of β-amino-alcohol motifs (C(OH)–C–C–N with tert-alkyl or cyclic N) is 1. The van der Waals surface area contributed by atoms with Crippen molar-refractivity contribution in [2.75, 3.05) is 31.6 Å². The summed E-state index contributed by atoms with van der Waals surface area (Å²) in [6, 6.07) is 13.3. The third-order valence-corrected chi connectivity index (χ3v) is 15.1. The van der Waals surface area contributed by atoms with Gasteiger partial charge in [0.1, 0.15) is 29.0 Å². The number of likely N-dealkylation sites (tertiary alicyclic amines) is 1. The van der Waals surface area contributed by atoms with Gasteiger partial charge in [0.15, 0.2) is 5.82 Å². The van der Waals surface area contributed by atoms with Gasteiger partial charge in [-0.3, -0.25) is 28.7 Å². The molecule has 0 unspecified atom stereocenters. The van der Waals surface area contributed by atoms with E-state index in [1.807, 2.05) is 100 Å². The Bertz CT molecular complexity index is 2640. The molecule has 342 valence electrons. The highest BCUT2D eigenvalue weighted by atomic mass is 32.1. The summed E-state index contributed by atoms with van der Waals surface area (Å²) in [4.78, 5) is 70.3. The second-order valence-corrected chi connectivity index (χ2v) is 20.5. The first-order valence-corrected chi connectivity index (χ1v) is 23.7. The first-order chi connectivity index (χ1) is 30.9. The SMILES string of the molecule is COC(=O)C[C@@H]1N=C(c2ccc(N3CC[C@H](C(=O)N[C@H](C(=O)N4C[C@H](O)C[C@H]4C(=O)N[C@@H](C)c4ccc(-c5scnc5C)cc4)C(C)(C)C)C3)cc2)c2c(sc(C)c2C)-n2c(C)nnc21. The molecule has 0 bridgehead atoms. The molecule has 3 N–H and O–H groups in total. The van der Waals surface area contributed by atoms with E-state index in [1.165, 1.54) is 12.0 Å². The molecule has 3 amide bonds. The zero-order valence-electron chi connectivity index (χ0n) is 38.3. The molecule has 2 fully saturated rings. The highest BCUT2D eigenvalue weighted by molar-refractivity contribution is 7.15. The van der Waals surface area contributed by atoms with E-state index in [-0.39, 0.29) is 43.2 Å². The van der Waals surface area contributed by atoms with E-state index in [9.17, 15) is 24.3 Å². The number of carbonyl (C=O) groups excluding carboxylic acids is 4. The second-order valence-electron chi connectivity index (χ2n) is 18.5. The number of aliphatic imine (C=N–C) groups is 1. The number of methoxy groups -OCH3 is 1. The van der Waals surface area contributed by atoms with Crippen molar-refractivity contribution in [1.29, 1.82) is 0 Å². The Morgan fingerprint density at radius 3 is 2.31 bits per heavy atom. The smallest absolute Gasteiger partial charge is 0.308 e. The predicted octanol–water partition coefficient (Wildman–Crippen LogP) is 6.34. The largest absolute Gasteiger partial charge is 0.469 e. The Labute approximate surface area is 387 Å². The molecule has 2 aromatic carbocycles. The molecule has 0 radical (unpaired) electrons. The lowest BCUT2D eigenvalue weighted by Crippen LogP contribution is -2.58. The summed E-state index contributed by atoms with van der Waals surface area (Å²) in [5.74, 6) is -0.449. The monoisotopic (exact) mass is 919 g/mol. The second kappa shape index (κ2) is 18.2. The molecule has 2 saturated heterocycles. The van der Waals surface area contributed by atoms with Gasteiger partial charge >= 0.3 is 5.97 Å². The summed E-state index contributed by atoms with van der Waals surface area (Å²) in [5.41, 5.74) is 8.72. The van der Waals surface area contributed by atoms with Crippen molar-refractivity contribution in [3.63, 3.8) is 0 Å². The van der Waals surface area contributed by atoms with Gasteiger partial charge in [-0.25, -0.2) is 4.98 Å². The molecular weight excluding hydrogens is 863 g/mol. The maximum absolute atomic E-state index is 14.4. The molecule has 15 nitrogen and oxygen atoms in total. The van der Waals surface area contributed by atoms with Gasteiger partial charge in [-0.05, 0) is 75.3 Å². The number of carbonyl (C=O) groups is 4. The van der Waals surface area contributed by atoms with Gasteiger partial charge in [0.05, 0.1) is 53.4 Å². The summed E-state index contributed by atoms with van der Waals surface area (Å²) < 4.78 is 7.04. The topological polar surface area (TPSA) is 184 Å². The number of nitrogens with one attached hydrogen (secondary N) is 2. The number of aliphatic hydroxyl groups is 1. The van der Waals surface area contributed by atoms with Gasteiger partial charge < -0.3 is 30.3 Å². The van der Waals surface area contributed by atoms with E-state index in [0.29, 0.717) is 31.2 Å². The maximum atomic E-state index is 14.4. The summed E-state index contributed by atoms with van der Waals surface area (Å²) in [6.07, 6.45) is -0.166. The Hall–Kier alpha value is -5.78. The van der Waals surface area contributed by atoms with Gasteiger partial charge in [0, 0.05) is 47.7 Å². The van der Waals surface area contributed by atoms with Crippen LogP contribution in [0.15, 0.2) is 59.0 Å². The van der Waals surface area contributed by atoms with Gasteiger partial charge in [-0.2, -0.15) is 0 Å². The maximum Gasteiger partial charge on any atom is 0.308 e. The van der Waals surface area contributed by atoms with E-state index in [0.717, 1.165) is 59.7 Å². The number of amides is 3. The number of hydrogen-bond acceptors (Lipinski definition) is 13. The number of fused-ring (bicyclic) bond motifs is 3. The van der Waals surface area contributed by atoms with Crippen LogP contribution in [0.4, 0.5) is 5.69 Å². The molecule has 65 heavy (non-hydrogen) atoms. The van der Waals surface area contributed by atoms with Crippen LogP contribution in [0.1, 0.15) is 104 Å². The minimum atomic E-state index is -0.932. The van der Waals surface area contributed by atoms with Gasteiger partial charge in [-0.1, -0.05) is 57.2 Å². The van der Waals surface area contributed by atoms with Crippen molar-refractivity contribution < 1.29 is 29.0 Å². The molecule has 3 aliphatic rings. The van der Waals surface area contributed by atoms with E-state index in [1.54, 1.807) is 22.7 Å². The van der Waals surface area contributed by atoms with E-state index in [2.05, 4.69) is 44.6 Å². The lowest BCUT2D eigenvalue weighted by Gasteiger charge is -2.36. The number of benzene rings is 2. The molecule has 17 heteroatoms. The number of nitrogens with zero attached hydrogens (tertiary/aromatic N) is 7. The van der Waals surface area contributed by atoms with Crippen molar-refractivity contribution in [1.82, 2.24) is 35.3 Å². The minimum Gasteiger partial charge on any atom is -0.469 e. The fourth-order valence-electron chi connectivity index (χ4n) is 9.08. The van der Waals surface area contributed by atoms with Crippen LogP contribution in [0.3, 0.4) is 0 Å². The van der Waals surface area contributed by atoms with Crippen molar-refractivity contribution >= 4 is 57.8 Å². The van der Waals surface area contributed by atoms with E-state index < -0.39 is 41.5 Å². The van der Waals surface area contributed by atoms with Crippen LogP contribution >= 0.6 is 22.7 Å². The minimum absolute atomic E-state index is 0.00396. The first kappa shape index (κ1) is 45.8. The molecule has 3 aromatic heterocycles. The van der Waals surface area contributed by atoms with Crippen LogP contribution in [-0.4, -0.2) is 104 Å². The Balaban J connectivity index is 0.941. The number of thiophene rings is 1. The van der Waals surface area contributed by atoms with Gasteiger partial charge in [-0.15, -0.1) is 32.9 Å². The summed E-state index contributed by atoms with van der Waals surface area (Å²) in [7, 11) is 1.37. The highest BCUT2D eigenvalue weighted by Gasteiger charge is 2.45. The molecular formula is C48H57N9O6S2. The fraction of sp³-hybridized carbons (Fsp3) is 0.458. The quantitative estimate of drug-likeness (QED) is 0.127. The normalized spacial score (nSPS) is 20.4. The third kappa shape index (κ3) is 9.10. The first-order valence-electron chi connectivity index (χ1n) is 22.1. The molecule has 0 saturated carbocycles. The number of aryl methyl sites for hydroxylation is 3. The lowest BCUT2D eigenvalue weighted by atomic mass is 9.85. The van der Waals surface area contributed by atoms with Crippen molar-refractivity contribution in [3.8, 4) is 15.4 Å². The molecule has 3 aliphatic heterocycles. The Kier molecular flexibility index (Phi) is 12.8. The van der Waals surface area contributed by atoms with Crippen LogP contribution in [0.2, 0.25) is 0 Å². The molecule has 5 aromatic rings. The van der Waals surface area contributed by atoms with Crippen LogP contribution in [0.5, 0.6) is 0 Å². The summed E-state index contributed by atoms with van der Waals surface area (Å²) in [5, 5.41) is 26.7. The number of aliphatic hydroxyl groups excluding tert-OH is 1. The average molecular weight is 920 g/mol. The van der Waals surface area contributed by atoms with Crippen molar-refractivity contribution in [3.05, 3.63) is 98.5 Å². The fourth-order valence-corrected chi connectivity index (χ4v) is 11.1. The summed E-state index contributed by atoms with van der Waals surface area (Å²) in [6.45, 7) is 16.7. The zero-order chi connectivity index (χ0) is 46.5. The number of hydrogen-bond donors (Lipinski definition) is 3. The van der Waals surface area contributed by atoms with Crippen LogP contribution in [0.25, 0.3) is 15.4 Å². The lowest BCUT2D eigenvalue weighted by molar-refractivity contribution is -0.144. The number of esters is 1.